The van der Waals surface area contributed by atoms with E-state index in [9.17, 15) is 19.1 Å². The van der Waals surface area contributed by atoms with Gasteiger partial charge in [-0.2, -0.15) is 15.4 Å². The predicted octanol–water partition coefficient (Wildman–Crippen LogP) is 2.04. The van der Waals surface area contributed by atoms with Crippen LogP contribution in [0.2, 0.25) is 0 Å². The number of likely N-dealkylation sites (tertiary alicyclic amines) is 1. The largest absolute Gasteiger partial charge is 0.481 e. The van der Waals surface area contributed by atoms with Crippen molar-refractivity contribution in [2.45, 2.75) is 5.92 Å². The number of rotatable bonds is 3. The summed E-state index contributed by atoms with van der Waals surface area (Å²) >= 11 is 0. The number of aromatic nitrogens is 3. The van der Waals surface area contributed by atoms with Gasteiger partial charge in [-0.3, -0.25) is 9.59 Å². The molecule has 2 heterocycles. The SMILES string of the molecule is O=C(O)[C@@H]1CN(C(=O)c2ccc3n[nH]nc3c2)C[C@H]1c1cccc(F)c1. The van der Waals surface area contributed by atoms with Crippen molar-refractivity contribution in [1.29, 1.82) is 0 Å². The monoisotopic (exact) mass is 354 g/mol. The van der Waals surface area contributed by atoms with E-state index in [-0.39, 0.29) is 19.0 Å². The van der Waals surface area contributed by atoms with Gasteiger partial charge in [-0.1, -0.05) is 12.1 Å². The van der Waals surface area contributed by atoms with Crippen molar-refractivity contribution < 1.29 is 19.1 Å². The standard InChI is InChI=1S/C18H15FN4O3/c19-12-3-1-2-10(6-12)13-8-23(9-14(13)18(25)26)17(24)11-4-5-15-16(7-11)21-22-20-15/h1-7,13-14H,8-9H2,(H,25,26)(H,20,21,22)/t13-,14+/m0/s1. The molecule has 3 aromatic rings. The molecule has 0 spiro atoms. The molecule has 1 saturated heterocycles. The summed E-state index contributed by atoms with van der Waals surface area (Å²) in [5.74, 6) is -2.94. The number of benzene rings is 2. The fourth-order valence-corrected chi connectivity index (χ4v) is 3.45. The predicted molar refractivity (Wildman–Crippen MR) is 90.1 cm³/mol. The van der Waals surface area contributed by atoms with Gasteiger partial charge in [0.25, 0.3) is 5.91 Å². The van der Waals surface area contributed by atoms with E-state index < -0.39 is 23.6 Å². The second-order valence-corrected chi connectivity index (χ2v) is 6.34. The van der Waals surface area contributed by atoms with Crippen LogP contribution in [0.15, 0.2) is 42.5 Å². The molecule has 0 radical (unpaired) electrons. The molecule has 2 N–H and O–H groups in total. The Bertz CT molecular complexity index is 1000. The van der Waals surface area contributed by atoms with Gasteiger partial charge in [-0.25, -0.2) is 4.39 Å². The number of hydrogen-bond acceptors (Lipinski definition) is 4. The fraction of sp³-hybridized carbons (Fsp3) is 0.222. The summed E-state index contributed by atoms with van der Waals surface area (Å²) in [4.78, 5) is 26.0. The minimum atomic E-state index is -0.999. The van der Waals surface area contributed by atoms with E-state index in [0.29, 0.717) is 22.2 Å². The Morgan fingerprint density at radius 3 is 2.69 bits per heavy atom. The molecule has 132 valence electrons. The van der Waals surface area contributed by atoms with Crippen LogP contribution in [0.3, 0.4) is 0 Å². The van der Waals surface area contributed by atoms with Gasteiger partial charge in [0.1, 0.15) is 16.9 Å². The van der Waals surface area contributed by atoms with Crippen LogP contribution in [0.4, 0.5) is 4.39 Å². The first-order chi connectivity index (χ1) is 12.5. The second kappa shape index (κ2) is 6.21. The summed E-state index contributed by atoms with van der Waals surface area (Å²) in [6.07, 6.45) is 0. The number of halogens is 1. The quantitative estimate of drug-likeness (QED) is 0.750. The van der Waals surface area contributed by atoms with E-state index in [1.54, 1.807) is 30.3 Å². The molecule has 7 nitrogen and oxygen atoms in total. The van der Waals surface area contributed by atoms with Crippen molar-refractivity contribution in [3.05, 3.63) is 59.4 Å². The van der Waals surface area contributed by atoms with Crippen molar-refractivity contribution >= 4 is 22.9 Å². The molecule has 0 saturated carbocycles. The number of aliphatic carboxylic acids is 1. The number of fused-ring (bicyclic) bond motifs is 1. The van der Waals surface area contributed by atoms with Crippen molar-refractivity contribution in [3.63, 3.8) is 0 Å². The molecule has 1 fully saturated rings. The fourth-order valence-electron chi connectivity index (χ4n) is 3.45. The van der Waals surface area contributed by atoms with Crippen LogP contribution in [0, 0.1) is 11.7 Å². The Balaban J connectivity index is 1.62. The second-order valence-electron chi connectivity index (χ2n) is 6.34. The first-order valence-corrected chi connectivity index (χ1v) is 8.11. The molecule has 2 atom stereocenters. The summed E-state index contributed by atoms with van der Waals surface area (Å²) in [5.41, 5.74) is 2.20. The van der Waals surface area contributed by atoms with Gasteiger partial charge in [0, 0.05) is 24.6 Å². The molecule has 26 heavy (non-hydrogen) atoms. The number of carboxylic acids is 1. The van der Waals surface area contributed by atoms with Crippen molar-refractivity contribution in [3.8, 4) is 0 Å². The van der Waals surface area contributed by atoms with Gasteiger partial charge in [0.05, 0.1) is 5.92 Å². The first kappa shape index (κ1) is 16.2. The van der Waals surface area contributed by atoms with E-state index in [1.165, 1.54) is 17.0 Å². The maximum atomic E-state index is 13.5. The van der Waals surface area contributed by atoms with Gasteiger partial charge in [0.2, 0.25) is 0 Å². The van der Waals surface area contributed by atoms with Crippen molar-refractivity contribution in [1.82, 2.24) is 20.3 Å². The summed E-state index contributed by atoms with van der Waals surface area (Å²) in [7, 11) is 0. The number of amides is 1. The highest BCUT2D eigenvalue weighted by atomic mass is 19.1. The Labute approximate surface area is 147 Å². The molecule has 0 bridgehead atoms. The maximum Gasteiger partial charge on any atom is 0.308 e. The number of carbonyl (C=O) groups is 2. The lowest BCUT2D eigenvalue weighted by Gasteiger charge is -2.16. The highest BCUT2D eigenvalue weighted by molar-refractivity contribution is 5.97. The van der Waals surface area contributed by atoms with Crippen LogP contribution in [0.25, 0.3) is 11.0 Å². The molecule has 1 aliphatic rings. The molecule has 2 aromatic carbocycles. The molecule has 1 amide bonds. The van der Waals surface area contributed by atoms with Crippen LogP contribution < -0.4 is 0 Å². The highest BCUT2D eigenvalue weighted by Crippen LogP contribution is 2.34. The number of carbonyl (C=O) groups excluding carboxylic acids is 1. The summed E-state index contributed by atoms with van der Waals surface area (Å²) in [5, 5.41) is 19.9. The minimum Gasteiger partial charge on any atom is -0.481 e. The molecule has 4 rings (SSSR count). The van der Waals surface area contributed by atoms with E-state index in [2.05, 4.69) is 15.4 Å². The van der Waals surface area contributed by atoms with Crippen LogP contribution in [0.1, 0.15) is 21.8 Å². The number of H-pyrrole nitrogens is 1. The third-order valence-electron chi connectivity index (χ3n) is 4.76. The molecule has 0 aliphatic carbocycles. The van der Waals surface area contributed by atoms with Crippen molar-refractivity contribution in [2.24, 2.45) is 5.92 Å². The molecular weight excluding hydrogens is 339 g/mol. The Morgan fingerprint density at radius 2 is 1.92 bits per heavy atom. The third-order valence-corrected chi connectivity index (χ3v) is 4.76. The first-order valence-electron chi connectivity index (χ1n) is 8.11. The lowest BCUT2D eigenvalue weighted by atomic mass is 9.89. The third kappa shape index (κ3) is 2.79. The molecule has 8 heteroatoms. The van der Waals surface area contributed by atoms with Gasteiger partial charge < -0.3 is 10.0 Å². The topological polar surface area (TPSA) is 99.2 Å². The van der Waals surface area contributed by atoms with Crippen LogP contribution >= 0.6 is 0 Å². The van der Waals surface area contributed by atoms with Crippen LogP contribution in [0.5, 0.6) is 0 Å². The Hall–Kier alpha value is -3.29. The van der Waals surface area contributed by atoms with Gasteiger partial charge in [-0.15, -0.1) is 0 Å². The number of nitrogens with one attached hydrogen (secondary N) is 1. The lowest BCUT2D eigenvalue weighted by Crippen LogP contribution is -2.29. The van der Waals surface area contributed by atoms with E-state index in [4.69, 9.17) is 0 Å². The zero-order chi connectivity index (χ0) is 18.3. The molecular formula is C18H15FN4O3. The average molecular weight is 354 g/mol. The van der Waals surface area contributed by atoms with E-state index in [0.717, 1.165) is 0 Å². The highest BCUT2D eigenvalue weighted by Gasteiger charge is 2.40. The smallest absolute Gasteiger partial charge is 0.308 e. The normalized spacial score (nSPS) is 19.8. The van der Waals surface area contributed by atoms with E-state index >= 15 is 0 Å². The van der Waals surface area contributed by atoms with Gasteiger partial charge >= 0.3 is 5.97 Å². The van der Waals surface area contributed by atoms with E-state index in [1.807, 2.05) is 0 Å². The number of nitrogens with zero attached hydrogens (tertiary/aromatic N) is 3. The summed E-state index contributed by atoms with van der Waals surface area (Å²) in [6, 6.07) is 10.8. The van der Waals surface area contributed by atoms with Gasteiger partial charge in [0.15, 0.2) is 0 Å². The van der Waals surface area contributed by atoms with Crippen LogP contribution in [-0.4, -0.2) is 50.4 Å². The number of carboxylic acid groups (broad SMARTS) is 1. The zero-order valence-corrected chi connectivity index (χ0v) is 13.6. The molecule has 1 aromatic heterocycles. The minimum absolute atomic E-state index is 0.0756. The van der Waals surface area contributed by atoms with Crippen molar-refractivity contribution in [2.75, 3.05) is 13.1 Å². The van der Waals surface area contributed by atoms with Crippen LogP contribution in [-0.2, 0) is 4.79 Å². The molecule has 1 aliphatic heterocycles. The zero-order valence-electron chi connectivity index (χ0n) is 13.6. The van der Waals surface area contributed by atoms with Gasteiger partial charge in [-0.05, 0) is 35.9 Å². The summed E-state index contributed by atoms with van der Waals surface area (Å²) < 4.78 is 13.5. The lowest BCUT2D eigenvalue weighted by molar-refractivity contribution is -0.141. The maximum absolute atomic E-state index is 13.5. The number of hydrogen-bond donors (Lipinski definition) is 2. The average Bonchev–Trinajstić information content (AvgIpc) is 3.27. The number of aromatic amines is 1. The Kier molecular flexibility index (Phi) is 3.87. The Morgan fingerprint density at radius 1 is 1.12 bits per heavy atom. The summed E-state index contributed by atoms with van der Waals surface area (Å²) in [6.45, 7) is 0.294. The molecule has 0 unspecified atom stereocenters.